The summed E-state index contributed by atoms with van der Waals surface area (Å²) in [7, 11) is -2.18. The number of nitrogens with one attached hydrogen (secondary N) is 1. The van der Waals surface area contributed by atoms with Crippen LogP contribution in [0.15, 0.2) is 0 Å². The Labute approximate surface area is 69.4 Å². The molecule has 0 spiro atoms. The molecule has 11 heavy (non-hydrogen) atoms. The molecule has 0 unspecified atom stereocenters. The topological polar surface area (TPSA) is 40.9 Å². The maximum atomic E-state index is 11.5. The van der Waals surface area contributed by atoms with Crippen molar-refractivity contribution in [3.8, 4) is 0 Å². The molecule has 0 aromatic rings. The van der Waals surface area contributed by atoms with Crippen molar-refractivity contribution in [1.29, 1.82) is 4.78 Å². The van der Waals surface area contributed by atoms with E-state index in [1.54, 1.807) is 0 Å². The van der Waals surface area contributed by atoms with E-state index in [2.05, 4.69) is 13.8 Å². The molecular formula is C8H17NOS. The molecule has 3 heteroatoms. The molecule has 0 saturated heterocycles. The van der Waals surface area contributed by atoms with E-state index in [1.165, 1.54) is 0 Å². The van der Waals surface area contributed by atoms with Gasteiger partial charge in [-0.05, 0) is 25.2 Å². The van der Waals surface area contributed by atoms with Crippen molar-refractivity contribution in [2.45, 2.75) is 38.4 Å². The minimum Gasteiger partial charge on any atom is -0.253 e. The first kappa shape index (κ1) is 9.04. The smallest absolute Gasteiger partial charge is 0.0470 e. The molecule has 1 fully saturated rings. The van der Waals surface area contributed by atoms with Gasteiger partial charge in [0, 0.05) is 20.7 Å². The number of hydrogen-bond acceptors (Lipinski definition) is 2. The van der Waals surface area contributed by atoms with Crippen molar-refractivity contribution in [1.82, 2.24) is 0 Å². The summed E-state index contributed by atoms with van der Waals surface area (Å²) in [4.78, 5) is 0. The summed E-state index contributed by atoms with van der Waals surface area (Å²) < 4.78 is 19.1. The van der Waals surface area contributed by atoms with Crippen LogP contribution in [0.5, 0.6) is 0 Å². The van der Waals surface area contributed by atoms with Gasteiger partial charge in [-0.1, -0.05) is 13.8 Å². The molecule has 1 atom stereocenters. The fourth-order valence-electron chi connectivity index (χ4n) is 1.03. The second kappa shape index (κ2) is 3.13. The molecule has 0 amide bonds. The summed E-state index contributed by atoms with van der Waals surface area (Å²) in [5.41, 5.74) is 0. The van der Waals surface area contributed by atoms with Crippen LogP contribution in [0, 0.1) is 10.7 Å². The summed E-state index contributed by atoms with van der Waals surface area (Å²) in [6.07, 6.45) is 3.00. The zero-order chi connectivity index (χ0) is 8.48. The first-order valence-corrected chi connectivity index (χ1v) is 6.06. The predicted octanol–water partition coefficient (Wildman–Crippen LogP) is 2.24. The third-order valence-electron chi connectivity index (χ3n) is 2.06. The van der Waals surface area contributed by atoms with E-state index in [9.17, 15) is 4.21 Å². The van der Waals surface area contributed by atoms with Crippen molar-refractivity contribution in [3.63, 3.8) is 0 Å². The molecule has 0 aliphatic heterocycles. The average Bonchev–Trinajstić information content (AvgIpc) is 2.64. The maximum Gasteiger partial charge on any atom is 0.0470 e. The molecule has 1 N–H and O–H groups in total. The van der Waals surface area contributed by atoms with Gasteiger partial charge in [-0.3, -0.25) is 4.78 Å². The van der Waals surface area contributed by atoms with Gasteiger partial charge in [0.25, 0.3) is 0 Å². The van der Waals surface area contributed by atoms with Gasteiger partial charge in [0.15, 0.2) is 0 Å². The van der Waals surface area contributed by atoms with Crippen LogP contribution in [0.4, 0.5) is 0 Å². The first-order valence-electron chi connectivity index (χ1n) is 4.27. The molecular weight excluding hydrogens is 158 g/mol. The fraction of sp³-hybridized carbons (Fsp3) is 1.00. The summed E-state index contributed by atoms with van der Waals surface area (Å²) in [5.74, 6) is 1.20. The number of rotatable bonds is 4. The van der Waals surface area contributed by atoms with Gasteiger partial charge in [-0.15, -0.1) is 0 Å². The molecule has 0 aromatic carbocycles. The monoisotopic (exact) mass is 175 g/mol. The van der Waals surface area contributed by atoms with E-state index in [1.807, 2.05) is 0 Å². The van der Waals surface area contributed by atoms with E-state index in [0.717, 1.165) is 19.3 Å². The first-order chi connectivity index (χ1) is 5.02. The highest BCUT2D eigenvalue weighted by Crippen LogP contribution is 2.30. The van der Waals surface area contributed by atoms with Crippen LogP contribution in [-0.2, 0) is 9.73 Å². The van der Waals surface area contributed by atoms with E-state index < -0.39 is 9.73 Å². The standard InChI is InChI=1S/C8H17NOS/c1-7(2)5-6-11(9,10)8-3-4-8/h7-9H,3-6H2,1-2H3/t11-/m1/s1. The fourth-order valence-corrected chi connectivity index (χ4v) is 3.08. The molecule has 1 aliphatic carbocycles. The molecule has 1 saturated carbocycles. The zero-order valence-corrected chi connectivity index (χ0v) is 8.12. The van der Waals surface area contributed by atoms with Gasteiger partial charge >= 0.3 is 0 Å². The lowest BCUT2D eigenvalue weighted by molar-refractivity contribution is 0.615. The van der Waals surface area contributed by atoms with Crippen molar-refractivity contribution in [2.24, 2.45) is 5.92 Å². The van der Waals surface area contributed by atoms with Crippen LogP contribution in [0.2, 0.25) is 0 Å². The molecule has 2 nitrogen and oxygen atoms in total. The zero-order valence-electron chi connectivity index (χ0n) is 7.30. The summed E-state index contributed by atoms with van der Waals surface area (Å²) in [6, 6.07) is 0. The van der Waals surface area contributed by atoms with Crippen molar-refractivity contribution in [3.05, 3.63) is 0 Å². The SMILES string of the molecule is CC(C)CC[S@@](=N)(=O)C1CC1. The van der Waals surface area contributed by atoms with Crippen LogP contribution in [0.3, 0.4) is 0 Å². The Hall–Kier alpha value is -0.0500. The predicted molar refractivity (Wildman–Crippen MR) is 48.2 cm³/mol. The largest absolute Gasteiger partial charge is 0.253 e. The molecule has 66 valence electrons. The molecule has 0 aromatic heterocycles. The van der Waals surface area contributed by atoms with Crippen LogP contribution in [0.1, 0.15) is 33.1 Å². The van der Waals surface area contributed by atoms with Gasteiger partial charge in [0.2, 0.25) is 0 Å². The van der Waals surface area contributed by atoms with Crippen molar-refractivity contribution < 1.29 is 4.21 Å². The van der Waals surface area contributed by atoms with Crippen LogP contribution in [0.25, 0.3) is 0 Å². The van der Waals surface area contributed by atoms with Gasteiger partial charge in [-0.25, -0.2) is 4.21 Å². The number of hydrogen-bond donors (Lipinski definition) is 1. The molecule has 0 bridgehead atoms. The van der Waals surface area contributed by atoms with Gasteiger partial charge in [0.1, 0.15) is 0 Å². The quantitative estimate of drug-likeness (QED) is 0.699. The van der Waals surface area contributed by atoms with Crippen molar-refractivity contribution >= 4 is 9.73 Å². The Bertz CT molecular complexity index is 214. The second-order valence-electron chi connectivity index (χ2n) is 3.81. The van der Waals surface area contributed by atoms with Gasteiger partial charge in [-0.2, -0.15) is 0 Å². The molecule has 1 aliphatic rings. The Morgan fingerprint density at radius 2 is 2.09 bits per heavy atom. The minimum atomic E-state index is -2.18. The molecule has 0 radical (unpaired) electrons. The minimum absolute atomic E-state index is 0.251. The van der Waals surface area contributed by atoms with Crippen molar-refractivity contribution in [2.75, 3.05) is 5.75 Å². The summed E-state index contributed by atoms with van der Waals surface area (Å²) in [6.45, 7) is 4.23. The lowest BCUT2D eigenvalue weighted by atomic mass is 10.2. The lowest BCUT2D eigenvalue weighted by Crippen LogP contribution is -2.11. The highest BCUT2D eigenvalue weighted by atomic mass is 32.2. The molecule has 0 heterocycles. The van der Waals surface area contributed by atoms with Crippen LogP contribution in [-0.4, -0.2) is 15.2 Å². The third-order valence-corrected chi connectivity index (χ3v) is 4.45. The highest BCUT2D eigenvalue weighted by Gasteiger charge is 2.31. The van der Waals surface area contributed by atoms with E-state index in [0.29, 0.717) is 11.7 Å². The van der Waals surface area contributed by atoms with E-state index in [-0.39, 0.29) is 5.25 Å². The van der Waals surface area contributed by atoms with Gasteiger partial charge < -0.3 is 0 Å². The lowest BCUT2D eigenvalue weighted by Gasteiger charge is -2.07. The Morgan fingerprint density at radius 3 is 2.45 bits per heavy atom. The second-order valence-corrected chi connectivity index (χ2v) is 6.34. The van der Waals surface area contributed by atoms with Gasteiger partial charge in [0.05, 0.1) is 0 Å². The normalized spacial score (nSPS) is 23.5. The Kier molecular flexibility index (Phi) is 2.58. The highest BCUT2D eigenvalue weighted by molar-refractivity contribution is 7.93. The summed E-state index contributed by atoms with van der Waals surface area (Å²) >= 11 is 0. The van der Waals surface area contributed by atoms with E-state index >= 15 is 0 Å². The summed E-state index contributed by atoms with van der Waals surface area (Å²) in [5, 5.41) is 0.251. The molecule has 1 rings (SSSR count). The Balaban J connectivity index is 2.35. The maximum absolute atomic E-state index is 11.5. The van der Waals surface area contributed by atoms with Crippen LogP contribution < -0.4 is 0 Å². The Morgan fingerprint density at radius 1 is 1.55 bits per heavy atom. The average molecular weight is 175 g/mol. The van der Waals surface area contributed by atoms with E-state index in [4.69, 9.17) is 4.78 Å². The van der Waals surface area contributed by atoms with Crippen LogP contribution >= 0.6 is 0 Å². The third kappa shape index (κ3) is 2.81.